The molecule has 2 unspecified atom stereocenters. The maximum atomic E-state index is 3.63. The molecule has 3 heteroatoms. The van der Waals surface area contributed by atoms with Crippen molar-refractivity contribution in [3.05, 3.63) is 22.4 Å². The van der Waals surface area contributed by atoms with E-state index < -0.39 is 0 Å². The fraction of sp³-hybridized carbons (Fsp3) is 0.733. The first kappa shape index (κ1) is 14.0. The van der Waals surface area contributed by atoms with Gasteiger partial charge in [-0.3, -0.25) is 0 Å². The van der Waals surface area contributed by atoms with Crippen molar-refractivity contribution in [3.63, 3.8) is 0 Å². The zero-order valence-corrected chi connectivity index (χ0v) is 12.5. The summed E-state index contributed by atoms with van der Waals surface area (Å²) in [6, 6.07) is 4.85. The second-order valence-corrected chi connectivity index (χ2v) is 6.41. The van der Waals surface area contributed by atoms with Crippen LogP contribution in [0.25, 0.3) is 0 Å². The lowest BCUT2D eigenvalue weighted by Crippen LogP contribution is -2.31. The SMILES string of the molecule is CCCC1CCN(CCNC(C)c2cccs2)C1. The third kappa shape index (κ3) is 4.08. The fourth-order valence-corrected chi connectivity index (χ4v) is 3.60. The first-order valence-corrected chi connectivity index (χ1v) is 8.16. The summed E-state index contributed by atoms with van der Waals surface area (Å²) in [6.07, 6.45) is 4.16. The molecule has 2 heterocycles. The van der Waals surface area contributed by atoms with Gasteiger partial charge in [-0.25, -0.2) is 0 Å². The van der Waals surface area contributed by atoms with E-state index >= 15 is 0 Å². The van der Waals surface area contributed by atoms with Gasteiger partial charge in [0, 0.05) is 30.6 Å². The molecule has 18 heavy (non-hydrogen) atoms. The van der Waals surface area contributed by atoms with Gasteiger partial charge in [-0.15, -0.1) is 11.3 Å². The molecule has 1 aromatic heterocycles. The molecule has 2 rings (SSSR count). The van der Waals surface area contributed by atoms with E-state index in [4.69, 9.17) is 0 Å². The van der Waals surface area contributed by atoms with Gasteiger partial charge in [0.15, 0.2) is 0 Å². The smallest absolute Gasteiger partial charge is 0.0386 e. The number of rotatable bonds is 7. The molecule has 1 fully saturated rings. The molecule has 0 aromatic carbocycles. The van der Waals surface area contributed by atoms with Crippen molar-refractivity contribution < 1.29 is 0 Å². The van der Waals surface area contributed by atoms with Gasteiger partial charge in [-0.1, -0.05) is 19.4 Å². The molecule has 1 aliphatic heterocycles. The molecular weight excluding hydrogens is 240 g/mol. The molecule has 1 aromatic rings. The monoisotopic (exact) mass is 266 g/mol. The minimum absolute atomic E-state index is 0.499. The standard InChI is InChI=1S/C15H26N2S/c1-3-5-14-7-9-17(12-14)10-8-16-13(2)15-6-4-11-18-15/h4,6,11,13-14,16H,3,5,7-10,12H2,1-2H3. The normalized spacial score (nSPS) is 22.4. The van der Waals surface area contributed by atoms with Crippen LogP contribution >= 0.6 is 11.3 Å². The highest BCUT2D eigenvalue weighted by molar-refractivity contribution is 7.10. The summed E-state index contributed by atoms with van der Waals surface area (Å²) in [4.78, 5) is 4.06. The van der Waals surface area contributed by atoms with Gasteiger partial charge in [0.2, 0.25) is 0 Å². The maximum Gasteiger partial charge on any atom is 0.0386 e. The molecule has 1 aliphatic rings. The molecule has 0 aliphatic carbocycles. The van der Waals surface area contributed by atoms with E-state index in [-0.39, 0.29) is 0 Å². The number of nitrogens with one attached hydrogen (secondary N) is 1. The van der Waals surface area contributed by atoms with Crippen molar-refractivity contribution in [2.24, 2.45) is 5.92 Å². The Kier molecular flexibility index (Phi) is 5.67. The van der Waals surface area contributed by atoms with Crippen LogP contribution in [0.15, 0.2) is 17.5 Å². The van der Waals surface area contributed by atoms with E-state index in [1.807, 2.05) is 11.3 Å². The van der Waals surface area contributed by atoms with Gasteiger partial charge in [0.1, 0.15) is 0 Å². The zero-order valence-electron chi connectivity index (χ0n) is 11.7. The van der Waals surface area contributed by atoms with E-state index in [1.165, 1.54) is 43.8 Å². The maximum absolute atomic E-state index is 3.63. The summed E-state index contributed by atoms with van der Waals surface area (Å²) in [6.45, 7) is 9.50. The summed E-state index contributed by atoms with van der Waals surface area (Å²) in [5.74, 6) is 0.963. The molecule has 102 valence electrons. The van der Waals surface area contributed by atoms with Crippen LogP contribution in [-0.4, -0.2) is 31.1 Å². The third-order valence-electron chi connectivity index (χ3n) is 3.92. The number of likely N-dealkylation sites (tertiary alicyclic amines) is 1. The summed E-state index contributed by atoms with van der Waals surface area (Å²) in [7, 11) is 0. The summed E-state index contributed by atoms with van der Waals surface area (Å²) in [5.41, 5.74) is 0. The fourth-order valence-electron chi connectivity index (χ4n) is 2.84. The van der Waals surface area contributed by atoms with Crippen LogP contribution in [0.3, 0.4) is 0 Å². The minimum Gasteiger partial charge on any atom is -0.308 e. The van der Waals surface area contributed by atoms with Crippen LogP contribution in [0.4, 0.5) is 0 Å². The topological polar surface area (TPSA) is 15.3 Å². The van der Waals surface area contributed by atoms with Crippen LogP contribution in [0.2, 0.25) is 0 Å². The first-order chi connectivity index (χ1) is 8.79. The lowest BCUT2D eigenvalue weighted by atomic mass is 10.0. The third-order valence-corrected chi connectivity index (χ3v) is 4.97. The summed E-state index contributed by atoms with van der Waals surface area (Å²) < 4.78 is 0. The molecule has 0 radical (unpaired) electrons. The van der Waals surface area contributed by atoms with Crippen LogP contribution < -0.4 is 5.32 Å². The zero-order chi connectivity index (χ0) is 12.8. The van der Waals surface area contributed by atoms with Crippen molar-refractivity contribution in [1.82, 2.24) is 10.2 Å². The average Bonchev–Trinajstić information content (AvgIpc) is 3.00. The average molecular weight is 266 g/mol. The molecule has 0 saturated carbocycles. The molecule has 2 atom stereocenters. The Morgan fingerprint density at radius 1 is 1.56 bits per heavy atom. The largest absolute Gasteiger partial charge is 0.308 e. The Morgan fingerprint density at radius 3 is 3.17 bits per heavy atom. The van der Waals surface area contributed by atoms with Gasteiger partial charge < -0.3 is 10.2 Å². The Labute approximate surface area is 115 Å². The van der Waals surface area contributed by atoms with Gasteiger partial charge >= 0.3 is 0 Å². The number of nitrogens with zero attached hydrogens (tertiary/aromatic N) is 1. The molecule has 0 spiro atoms. The molecule has 2 nitrogen and oxygen atoms in total. The highest BCUT2D eigenvalue weighted by Crippen LogP contribution is 2.21. The molecule has 1 N–H and O–H groups in total. The lowest BCUT2D eigenvalue weighted by Gasteiger charge is -2.18. The van der Waals surface area contributed by atoms with Crippen LogP contribution in [0, 0.1) is 5.92 Å². The number of hydrogen-bond donors (Lipinski definition) is 1. The highest BCUT2D eigenvalue weighted by atomic mass is 32.1. The predicted octanol–water partition coefficient (Wildman–Crippen LogP) is 3.52. The quantitative estimate of drug-likeness (QED) is 0.812. The van der Waals surface area contributed by atoms with E-state index in [0.717, 1.165) is 12.5 Å². The van der Waals surface area contributed by atoms with Gasteiger partial charge in [0.25, 0.3) is 0 Å². The second kappa shape index (κ2) is 7.27. The number of thiophene rings is 1. The Balaban J connectivity index is 1.61. The van der Waals surface area contributed by atoms with Gasteiger partial charge in [-0.05, 0) is 43.7 Å². The molecule has 1 saturated heterocycles. The Morgan fingerprint density at radius 2 is 2.44 bits per heavy atom. The van der Waals surface area contributed by atoms with Crippen LogP contribution in [-0.2, 0) is 0 Å². The molecule has 0 bridgehead atoms. The van der Waals surface area contributed by atoms with Crippen molar-refractivity contribution in [1.29, 1.82) is 0 Å². The van der Waals surface area contributed by atoms with E-state index in [1.54, 1.807) is 0 Å². The Bertz CT molecular complexity index is 323. The summed E-state index contributed by atoms with van der Waals surface area (Å²) >= 11 is 1.84. The van der Waals surface area contributed by atoms with Crippen molar-refractivity contribution in [2.45, 2.75) is 39.2 Å². The van der Waals surface area contributed by atoms with E-state index in [9.17, 15) is 0 Å². The van der Waals surface area contributed by atoms with Crippen molar-refractivity contribution in [3.8, 4) is 0 Å². The van der Waals surface area contributed by atoms with Crippen LogP contribution in [0.1, 0.15) is 44.0 Å². The lowest BCUT2D eigenvalue weighted by molar-refractivity contribution is 0.313. The summed E-state index contributed by atoms with van der Waals surface area (Å²) in [5, 5.41) is 5.78. The van der Waals surface area contributed by atoms with E-state index in [0.29, 0.717) is 6.04 Å². The number of hydrogen-bond acceptors (Lipinski definition) is 3. The highest BCUT2D eigenvalue weighted by Gasteiger charge is 2.21. The van der Waals surface area contributed by atoms with E-state index in [2.05, 4.69) is 41.6 Å². The predicted molar refractivity (Wildman–Crippen MR) is 80.2 cm³/mol. The molecule has 0 amide bonds. The van der Waals surface area contributed by atoms with Crippen molar-refractivity contribution in [2.75, 3.05) is 26.2 Å². The Hall–Kier alpha value is -0.380. The second-order valence-electron chi connectivity index (χ2n) is 5.44. The van der Waals surface area contributed by atoms with Crippen LogP contribution in [0.5, 0.6) is 0 Å². The first-order valence-electron chi connectivity index (χ1n) is 7.28. The van der Waals surface area contributed by atoms with Gasteiger partial charge in [0.05, 0.1) is 0 Å². The van der Waals surface area contributed by atoms with Gasteiger partial charge in [-0.2, -0.15) is 0 Å². The van der Waals surface area contributed by atoms with Crippen molar-refractivity contribution >= 4 is 11.3 Å². The molecular formula is C15H26N2S. The minimum atomic E-state index is 0.499.